The lowest BCUT2D eigenvalue weighted by molar-refractivity contribution is -0.167. The summed E-state index contributed by atoms with van der Waals surface area (Å²) in [5, 5.41) is 0. The molecule has 0 bridgehead atoms. The van der Waals surface area contributed by atoms with Crippen LogP contribution in [0.25, 0.3) is 0 Å². The van der Waals surface area contributed by atoms with E-state index in [2.05, 4.69) is 81.5 Å². The maximum atomic E-state index is 12.8. The molecule has 6 heteroatoms. The lowest BCUT2D eigenvalue weighted by Crippen LogP contribution is -2.30. The molecular weight excluding hydrogens is 841 g/mol. The van der Waals surface area contributed by atoms with Crippen LogP contribution in [0.2, 0.25) is 0 Å². The summed E-state index contributed by atoms with van der Waals surface area (Å²) in [7, 11) is 0. The molecule has 0 spiro atoms. The SMILES string of the molecule is CC\C=C/C=C\C=C/C=C\C=C/CCCCCC(=O)OCC(COC(=O)CCCCCCCCCCCC/C=C\C=C/CCCCC)OC(=O)CCCCC/C=C\C=C/CCCCCCCCC. The number of allylic oxidation sites excluding steroid dienone is 18. The van der Waals surface area contributed by atoms with E-state index in [1.165, 1.54) is 122 Å². The molecule has 0 N–H and O–H groups in total. The second-order valence-electron chi connectivity index (χ2n) is 18.3. The molecule has 386 valence electrons. The fourth-order valence-corrected chi connectivity index (χ4v) is 7.44. The molecule has 68 heavy (non-hydrogen) atoms. The van der Waals surface area contributed by atoms with Crippen molar-refractivity contribution in [1.82, 2.24) is 0 Å². The normalized spacial score (nSPS) is 12.9. The molecule has 0 amide bonds. The summed E-state index contributed by atoms with van der Waals surface area (Å²) in [5.41, 5.74) is 0. The highest BCUT2D eigenvalue weighted by Gasteiger charge is 2.19. The molecule has 6 nitrogen and oxygen atoms in total. The van der Waals surface area contributed by atoms with E-state index in [-0.39, 0.29) is 37.5 Å². The minimum Gasteiger partial charge on any atom is -0.462 e. The predicted octanol–water partition coefficient (Wildman–Crippen LogP) is 18.7. The standard InChI is InChI=1S/C62H102O6/c1-4-7-10-13-16-19-22-25-28-30-31-32-35-37-40-43-46-49-52-55-61(64)67-58-59(57-66-60(63)54-51-48-45-42-39-36-33-27-24-21-18-15-12-9-6-3)68-62(65)56-53-50-47-44-41-38-34-29-26-23-20-17-14-11-8-5-2/h9,12,15-16,18-19,21-22,24-25,27,29,33-34,36,38-39,41,59H,4-8,10-11,13-14,17,20,23,26,28,30-32,35,37,40,42-58H2,1-3H3/b12-9-,18-15-,19-16-,24-21-,25-22-,33-27-,34-29-,39-36-,41-38-. The van der Waals surface area contributed by atoms with Crippen LogP contribution in [0.15, 0.2) is 109 Å². The monoisotopic (exact) mass is 943 g/mol. The zero-order chi connectivity index (χ0) is 49.3. The maximum Gasteiger partial charge on any atom is 0.306 e. The molecule has 1 unspecified atom stereocenters. The summed E-state index contributed by atoms with van der Waals surface area (Å²) in [5.74, 6) is -0.980. The Labute approximate surface area is 419 Å². The van der Waals surface area contributed by atoms with Crippen LogP contribution in [-0.4, -0.2) is 37.2 Å². The van der Waals surface area contributed by atoms with Crippen molar-refractivity contribution < 1.29 is 28.6 Å². The van der Waals surface area contributed by atoms with Gasteiger partial charge in [-0.25, -0.2) is 0 Å². The molecule has 0 aromatic carbocycles. The van der Waals surface area contributed by atoms with Gasteiger partial charge >= 0.3 is 17.9 Å². The van der Waals surface area contributed by atoms with Crippen molar-refractivity contribution in [3.05, 3.63) is 109 Å². The van der Waals surface area contributed by atoms with Crippen LogP contribution in [0, 0.1) is 0 Å². The number of hydrogen-bond donors (Lipinski definition) is 0. The first kappa shape index (κ1) is 64.1. The van der Waals surface area contributed by atoms with Crippen molar-refractivity contribution in [2.24, 2.45) is 0 Å². The van der Waals surface area contributed by atoms with E-state index < -0.39 is 6.10 Å². The molecule has 1 atom stereocenters. The van der Waals surface area contributed by atoms with E-state index in [4.69, 9.17) is 14.2 Å². The molecule has 0 aliphatic heterocycles. The van der Waals surface area contributed by atoms with Crippen LogP contribution < -0.4 is 0 Å². The summed E-state index contributed by atoms with van der Waals surface area (Å²) in [6.45, 7) is 6.40. The minimum atomic E-state index is -0.813. The van der Waals surface area contributed by atoms with Crippen LogP contribution in [0.3, 0.4) is 0 Å². The second-order valence-corrected chi connectivity index (χ2v) is 18.3. The summed E-state index contributed by atoms with van der Waals surface area (Å²) in [6, 6.07) is 0. The molecule has 0 radical (unpaired) electrons. The number of rotatable bonds is 49. The largest absolute Gasteiger partial charge is 0.462 e. The van der Waals surface area contributed by atoms with Crippen molar-refractivity contribution in [2.75, 3.05) is 13.2 Å². The van der Waals surface area contributed by atoms with Crippen molar-refractivity contribution in [3.8, 4) is 0 Å². The van der Waals surface area contributed by atoms with Gasteiger partial charge in [0.25, 0.3) is 0 Å². The zero-order valence-electron chi connectivity index (χ0n) is 44.1. The molecule has 0 rings (SSSR count). The molecule has 0 saturated heterocycles. The van der Waals surface area contributed by atoms with Crippen LogP contribution in [0.5, 0.6) is 0 Å². The highest BCUT2D eigenvalue weighted by Crippen LogP contribution is 2.14. The molecule has 0 aromatic heterocycles. The van der Waals surface area contributed by atoms with Crippen LogP contribution in [0.1, 0.15) is 245 Å². The van der Waals surface area contributed by atoms with Gasteiger partial charge in [-0.1, -0.05) is 246 Å². The summed E-state index contributed by atoms with van der Waals surface area (Å²) < 4.78 is 16.8. The lowest BCUT2D eigenvalue weighted by atomic mass is 10.1. The highest BCUT2D eigenvalue weighted by molar-refractivity contribution is 5.71. The number of unbranched alkanes of at least 4 members (excludes halogenated alkanes) is 26. The Morgan fingerprint density at radius 2 is 0.574 bits per heavy atom. The quantitative estimate of drug-likeness (QED) is 0.0262. The second kappa shape index (κ2) is 55.7. The Morgan fingerprint density at radius 3 is 0.956 bits per heavy atom. The molecule has 0 aliphatic carbocycles. The number of carbonyl (C=O) groups is 3. The molecule has 0 aromatic rings. The third kappa shape index (κ3) is 53.0. The molecular formula is C62H102O6. The van der Waals surface area contributed by atoms with Gasteiger partial charge in [0, 0.05) is 19.3 Å². The van der Waals surface area contributed by atoms with Crippen molar-refractivity contribution >= 4 is 17.9 Å². The van der Waals surface area contributed by atoms with Gasteiger partial charge in [-0.2, -0.15) is 0 Å². The number of carbonyl (C=O) groups excluding carboxylic acids is 3. The third-order valence-corrected chi connectivity index (χ3v) is 11.7. The summed E-state index contributed by atoms with van der Waals surface area (Å²) in [6.07, 6.45) is 75.0. The maximum absolute atomic E-state index is 12.8. The first-order valence-electron chi connectivity index (χ1n) is 28.0. The van der Waals surface area contributed by atoms with E-state index in [0.29, 0.717) is 12.8 Å². The lowest BCUT2D eigenvalue weighted by Gasteiger charge is -2.18. The zero-order valence-corrected chi connectivity index (χ0v) is 44.1. The van der Waals surface area contributed by atoms with E-state index >= 15 is 0 Å². The van der Waals surface area contributed by atoms with Crippen LogP contribution in [0.4, 0.5) is 0 Å². The Bertz CT molecular complexity index is 1410. The molecule has 0 heterocycles. The Morgan fingerprint density at radius 1 is 0.309 bits per heavy atom. The average molecular weight is 943 g/mol. The van der Waals surface area contributed by atoms with Gasteiger partial charge in [0.15, 0.2) is 6.10 Å². The van der Waals surface area contributed by atoms with Gasteiger partial charge in [0.2, 0.25) is 0 Å². The first-order chi connectivity index (χ1) is 33.5. The minimum absolute atomic E-state index is 0.106. The smallest absolute Gasteiger partial charge is 0.306 e. The Hall–Kier alpha value is -3.93. The molecule has 0 fully saturated rings. The fraction of sp³-hybridized carbons (Fsp3) is 0.661. The van der Waals surface area contributed by atoms with Gasteiger partial charge < -0.3 is 14.2 Å². The van der Waals surface area contributed by atoms with Crippen LogP contribution in [-0.2, 0) is 28.6 Å². The van der Waals surface area contributed by atoms with Crippen LogP contribution >= 0.6 is 0 Å². The van der Waals surface area contributed by atoms with E-state index in [0.717, 1.165) is 83.5 Å². The van der Waals surface area contributed by atoms with E-state index in [9.17, 15) is 14.4 Å². The third-order valence-electron chi connectivity index (χ3n) is 11.7. The number of hydrogen-bond acceptors (Lipinski definition) is 6. The molecule has 0 saturated carbocycles. The van der Waals surface area contributed by atoms with Crippen molar-refractivity contribution in [1.29, 1.82) is 0 Å². The summed E-state index contributed by atoms with van der Waals surface area (Å²) >= 11 is 0. The van der Waals surface area contributed by atoms with Gasteiger partial charge in [-0.3, -0.25) is 14.4 Å². The average Bonchev–Trinajstić information content (AvgIpc) is 3.34. The Balaban J connectivity index is 4.49. The number of ether oxygens (including phenoxy) is 3. The predicted molar refractivity (Wildman–Crippen MR) is 293 cm³/mol. The van der Waals surface area contributed by atoms with Crippen molar-refractivity contribution in [3.63, 3.8) is 0 Å². The topological polar surface area (TPSA) is 78.9 Å². The van der Waals surface area contributed by atoms with Gasteiger partial charge in [0.05, 0.1) is 0 Å². The van der Waals surface area contributed by atoms with Gasteiger partial charge in [0.1, 0.15) is 13.2 Å². The summed E-state index contributed by atoms with van der Waals surface area (Å²) in [4.78, 5) is 38.1. The highest BCUT2D eigenvalue weighted by atomic mass is 16.6. The Kier molecular flexibility index (Phi) is 52.4. The van der Waals surface area contributed by atoms with Crippen molar-refractivity contribution in [2.45, 2.75) is 252 Å². The fourth-order valence-electron chi connectivity index (χ4n) is 7.44. The first-order valence-corrected chi connectivity index (χ1v) is 28.0. The van der Waals surface area contributed by atoms with Gasteiger partial charge in [-0.15, -0.1) is 0 Å². The van der Waals surface area contributed by atoms with E-state index in [1.54, 1.807) is 0 Å². The number of esters is 3. The van der Waals surface area contributed by atoms with Gasteiger partial charge in [-0.05, 0) is 89.9 Å². The van der Waals surface area contributed by atoms with E-state index in [1.807, 2.05) is 48.6 Å². The molecule has 0 aliphatic rings.